The van der Waals surface area contributed by atoms with Crippen molar-refractivity contribution in [3.63, 3.8) is 0 Å². The van der Waals surface area contributed by atoms with Crippen LogP contribution in [0.4, 0.5) is 0 Å². The van der Waals surface area contributed by atoms with Gasteiger partial charge in [-0.2, -0.15) is 0 Å². The van der Waals surface area contributed by atoms with Crippen LogP contribution in [0.15, 0.2) is 66.7 Å². The van der Waals surface area contributed by atoms with Crippen LogP contribution in [0.2, 0.25) is 10.0 Å². The number of carbonyl (C=O) groups is 1. The normalized spacial score (nSPS) is 10.8. The van der Waals surface area contributed by atoms with Crippen LogP contribution in [0.25, 0.3) is 6.08 Å². The van der Waals surface area contributed by atoms with E-state index in [9.17, 15) is 4.79 Å². The molecule has 0 radical (unpaired) electrons. The summed E-state index contributed by atoms with van der Waals surface area (Å²) in [6, 6.07) is 17.7. The molecular weight excluding hydrogens is 423 g/mol. The van der Waals surface area contributed by atoms with E-state index >= 15 is 0 Å². The van der Waals surface area contributed by atoms with E-state index in [1.807, 2.05) is 12.1 Å². The molecule has 6 heteroatoms. The SMILES string of the molecule is COc1cccc(C(=O)C=Cc2ccc(OCc3ccc(Cl)cc3Cl)c(OC)c2)c1. The van der Waals surface area contributed by atoms with Crippen LogP contribution >= 0.6 is 23.2 Å². The molecule has 0 aliphatic carbocycles. The van der Waals surface area contributed by atoms with E-state index in [4.69, 9.17) is 37.4 Å². The highest BCUT2D eigenvalue weighted by Gasteiger charge is 2.08. The smallest absolute Gasteiger partial charge is 0.185 e. The number of allylic oxidation sites excluding steroid dienone is 1. The van der Waals surface area contributed by atoms with Gasteiger partial charge in [-0.15, -0.1) is 0 Å². The van der Waals surface area contributed by atoms with E-state index in [1.165, 1.54) is 6.08 Å². The van der Waals surface area contributed by atoms with Gasteiger partial charge in [0.1, 0.15) is 12.4 Å². The van der Waals surface area contributed by atoms with Crippen molar-refractivity contribution in [1.82, 2.24) is 0 Å². The van der Waals surface area contributed by atoms with Crippen LogP contribution in [-0.4, -0.2) is 20.0 Å². The molecule has 3 rings (SSSR count). The molecule has 0 amide bonds. The topological polar surface area (TPSA) is 44.8 Å². The summed E-state index contributed by atoms with van der Waals surface area (Å²) in [7, 11) is 3.13. The highest BCUT2D eigenvalue weighted by molar-refractivity contribution is 6.35. The number of benzene rings is 3. The van der Waals surface area contributed by atoms with Gasteiger partial charge < -0.3 is 14.2 Å². The van der Waals surface area contributed by atoms with Crippen molar-refractivity contribution in [1.29, 1.82) is 0 Å². The predicted molar refractivity (Wildman–Crippen MR) is 120 cm³/mol. The Kier molecular flexibility index (Phi) is 7.39. The van der Waals surface area contributed by atoms with Crippen LogP contribution < -0.4 is 14.2 Å². The van der Waals surface area contributed by atoms with Crippen LogP contribution in [0.5, 0.6) is 17.2 Å². The van der Waals surface area contributed by atoms with Gasteiger partial charge in [0, 0.05) is 21.2 Å². The number of halogens is 2. The molecule has 154 valence electrons. The molecule has 0 fully saturated rings. The first-order valence-corrected chi connectivity index (χ1v) is 9.87. The molecule has 0 aromatic heterocycles. The minimum Gasteiger partial charge on any atom is -0.497 e. The Morgan fingerprint density at radius 2 is 1.77 bits per heavy atom. The van der Waals surface area contributed by atoms with Gasteiger partial charge in [-0.3, -0.25) is 4.79 Å². The second kappa shape index (κ2) is 10.2. The maximum Gasteiger partial charge on any atom is 0.185 e. The van der Waals surface area contributed by atoms with E-state index in [-0.39, 0.29) is 12.4 Å². The lowest BCUT2D eigenvalue weighted by Gasteiger charge is -2.12. The Morgan fingerprint density at radius 1 is 0.933 bits per heavy atom. The summed E-state index contributed by atoms with van der Waals surface area (Å²) in [6.07, 6.45) is 3.24. The van der Waals surface area contributed by atoms with Crippen LogP contribution in [-0.2, 0) is 6.61 Å². The van der Waals surface area contributed by atoms with Gasteiger partial charge in [0.15, 0.2) is 17.3 Å². The van der Waals surface area contributed by atoms with Crippen molar-refractivity contribution in [3.8, 4) is 17.2 Å². The fourth-order valence-corrected chi connectivity index (χ4v) is 3.21. The minimum atomic E-state index is -0.120. The fourth-order valence-electron chi connectivity index (χ4n) is 2.75. The van der Waals surface area contributed by atoms with E-state index in [2.05, 4.69) is 0 Å². The average molecular weight is 443 g/mol. The lowest BCUT2D eigenvalue weighted by molar-refractivity contribution is 0.104. The number of carbonyl (C=O) groups excluding carboxylic acids is 1. The minimum absolute atomic E-state index is 0.120. The molecule has 30 heavy (non-hydrogen) atoms. The molecular formula is C24H20Cl2O4. The van der Waals surface area contributed by atoms with E-state index in [1.54, 1.807) is 68.8 Å². The molecule has 0 aliphatic rings. The zero-order valence-electron chi connectivity index (χ0n) is 16.5. The first-order valence-electron chi connectivity index (χ1n) is 9.11. The van der Waals surface area contributed by atoms with Crippen molar-refractivity contribution in [3.05, 3.63) is 93.5 Å². The van der Waals surface area contributed by atoms with Crippen molar-refractivity contribution in [2.45, 2.75) is 6.61 Å². The molecule has 0 atom stereocenters. The third-order valence-electron chi connectivity index (χ3n) is 4.37. The highest BCUT2D eigenvalue weighted by atomic mass is 35.5. The Bertz CT molecular complexity index is 1080. The second-order valence-corrected chi connectivity index (χ2v) is 7.21. The zero-order valence-corrected chi connectivity index (χ0v) is 18.0. The molecule has 0 spiro atoms. The van der Waals surface area contributed by atoms with E-state index < -0.39 is 0 Å². The molecule has 0 aliphatic heterocycles. The Labute approximate surface area is 185 Å². The van der Waals surface area contributed by atoms with Crippen molar-refractivity contribution in [2.75, 3.05) is 14.2 Å². The first-order chi connectivity index (χ1) is 14.5. The number of methoxy groups -OCH3 is 2. The average Bonchev–Trinajstić information content (AvgIpc) is 2.77. The Balaban J connectivity index is 1.71. The van der Waals surface area contributed by atoms with Crippen molar-refractivity contribution >= 4 is 35.1 Å². The van der Waals surface area contributed by atoms with Crippen LogP contribution in [0.1, 0.15) is 21.5 Å². The maximum absolute atomic E-state index is 12.4. The van der Waals surface area contributed by atoms with Gasteiger partial charge >= 0.3 is 0 Å². The van der Waals surface area contributed by atoms with E-state index in [0.717, 1.165) is 11.1 Å². The Hall–Kier alpha value is -2.95. The van der Waals surface area contributed by atoms with Crippen molar-refractivity contribution in [2.24, 2.45) is 0 Å². The summed E-state index contributed by atoms with van der Waals surface area (Å²) in [4.78, 5) is 12.4. The molecule has 3 aromatic carbocycles. The first kappa shape index (κ1) is 21.8. The summed E-state index contributed by atoms with van der Waals surface area (Å²) in [5.74, 6) is 1.64. The molecule has 3 aromatic rings. The number of ether oxygens (including phenoxy) is 3. The fraction of sp³-hybridized carbons (Fsp3) is 0.125. The third kappa shape index (κ3) is 5.56. The second-order valence-electron chi connectivity index (χ2n) is 6.36. The number of ketones is 1. The zero-order chi connectivity index (χ0) is 21.5. The molecule has 0 heterocycles. The van der Waals surface area contributed by atoms with Gasteiger partial charge in [0.2, 0.25) is 0 Å². The lowest BCUT2D eigenvalue weighted by Crippen LogP contribution is -1.99. The quantitative estimate of drug-likeness (QED) is 0.295. The Morgan fingerprint density at radius 3 is 2.50 bits per heavy atom. The predicted octanol–water partition coefficient (Wildman–Crippen LogP) is 6.49. The summed E-state index contributed by atoms with van der Waals surface area (Å²) in [5.41, 5.74) is 2.17. The molecule has 0 N–H and O–H groups in total. The standard InChI is InChI=1S/C24H20Cl2O4/c1-28-20-5-3-4-17(13-20)22(27)10-6-16-7-11-23(24(12-16)29-2)30-15-18-8-9-19(25)14-21(18)26/h3-14H,15H2,1-2H3. The van der Waals surface area contributed by atoms with Gasteiger partial charge in [-0.05, 0) is 48.0 Å². The summed E-state index contributed by atoms with van der Waals surface area (Å²) in [5, 5.41) is 1.11. The van der Waals surface area contributed by atoms with Gasteiger partial charge in [0.05, 0.1) is 14.2 Å². The lowest BCUT2D eigenvalue weighted by atomic mass is 10.1. The molecule has 0 saturated heterocycles. The van der Waals surface area contributed by atoms with Gasteiger partial charge in [-0.1, -0.05) is 53.5 Å². The van der Waals surface area contributed by atoms with Gasteiger partial charge in [0.25, 0.3) is 0 Å². The number of hydrogen-bond acceptors (Lipinski definition) is 4. The number of rotatable bonds is 8. The van der Waals surface area contributed by atoms with Crippen LogP contribution in [0, 0.1) is 0 Å². The molecule has 0 bridgehead atoms. The maximum atomic E-state index is 12.4. The van der Waals surface area contributed by atoms with E-state index in [0.29, 0.717) is 32.9 Å². The summed E-state index contributed by atoms with van der Waals surface area (Å²) < 4.78 is 16.4. The summed E-state index contributed by atoms with van der Waals surface area (Å²) >= 11 is 12.1. The van der Waals surface area contributed by atoms with Gasteiger partial charge in [-0.25, -0.2) is 0 Å². The molecule has 4 nitrogen and oxygen atoms in total. The van der Waals surface area contributed by atoms with Crippen molar-refractivity contribution < 1.29 is 19.0 Å². The van der Waals surface area contributed by atoms with Crippen LogP contribution in [0.3, 0.4) is 0 Å². The molecule has 0 unspecified atom stereocenters. The summed E-state index contributed by atoms with van der Waals surface area (Å²) in [6.45, 7) is 0.274. The largest absolute Gasteiger partial charge is 0.497 e. The third-order valence-corrected chi connectivity index (χ3v) is 4.95. The number of hydrogen-bond donors (Lipinski definition) is 0. The monoisotopic (exact) mass is 442 g/mol. The molecule has 0 saturated carbocycles. The highest BCUT2D eigenvalue weighted by Crippen LogP contribution is 2.30.